The van der Waals surface area contributed by atoms with Gasteiger partial charge in [-0.15, -0.1) is 0 Å². The van der Waals surface area contributed by atoms with E-state index in [2.05, 4.69) is 24.7 Å². The summed E-state index contributed by atoms with van der Waals surface area (Å²) in [5.41, 5.74) is 1.25. The fourth-order valence-corrected chi connectivity index (χ4v) is 4.26. The van der Waals surface area contributed by atoms with Crippen LogP contribution in [0.1, 0.15) is 98.3 Å². The normalized spacial score (nSPS) is 20.8. The molecule has 1 rings (SSSR count). The first kappa shape index (κ1) is 27.9. The van der Waals surface area contributed by atoms with Gasteiger partial charge in [0, 0.05) is 32.1 Å². The first-order valence-corrected chi connectivity index (χ1v) is 12.1. The van der Waals surface area contributed by atoms with Crippen LogP contribution in [0, 0.1) is 11.8 Å². The molecule has 0 aromatic heterocycles. The van der Waals surface area contributed by atoms with Crippen LogP contribution in [-0.2, 0) is 28.6 Å². The van der Waals surface area contributed by atoms with Crippen LogP contribution in [0.15, 0.2) is 23.5 Å². The predicted octanol–water partition coefficient (Wildman–Crippen LogP) is 6.04. The molecule has 0 radical (unpaired) electrons. The zero-order valence-electron chi connectivity index (χ0n) is 20.6. The molecule has 0 amide bonds. The highest BCUT2D eigenvalue weighted by Gasteiger charge is 2.33. The van der Waals surface area contributed by atoms with Crippen LogP contribution in [0.4, 0.5) is 0 Å². The number of ether oxygens (including phenoxy) is 3. The van der Waals surface area contributed by atoms with Crippen LogP contribution in [0.25, 0.3) is 0 Å². The van der Waals surface area contributed by atoms with Crippen LogP contribution in [-0.4, -0.2) is 31.1 Å². The number of hydrogen-bond acceptors (Lipinski definition) is 6. The zero-order valence-corrected chi connectivity index (χ0v) is 20.6. The Morgan fingerprint density at radius 1 is 1.06 bits per heavy atom. The third-order valence-electron chi connectivity index (χ3n) is 6.03. The molecule has 0 aliphatic heterocycles. The Morgan fingerprint density at radius 3 is 2.41 bits per heavy atom. The highest BCUT2D eigenvalue weighted by molar-refractivity contribution is 5.69. The third-order valence-corrected chi connectivity index (χ3v) is 6.03. The summed E-state index contributed by atoms with van der Waals surface area (Å²) >= 11 is 0. The molecule has 1 unspecified atom stereocenters. The summed E-state index contributed by atoms with van der Waals surface area (Å²) in [5.74, 6) is 0.352. The second kappa shape index (κ2) is 15.7. The molecule has 1 saturated carbocycles. The summed E-state index contributed by atoms with van der Waals surface area (Å²) in [4.78, 5) is 34.4. The Hall–Kier alpha value is -2.11. The SMILES string of the molecule is CCCCC(C)C(=CC=C1CC[C@@H](OC(C)=O)[C@@H]1CCCCCCC(=O)OC)OC(C)=O. The fraction of sp³-hybridized carbons (Fsp3) is 0.731. The Kier molecular flexibility index (Phi) is 13.7. The number of carbonyl (C=O) groups excluding carboxylic acids is 3. The largest absolute Gasteiger partial charge is 0.469 e. The molecule has 0 saturated heterocycles. The van der Waals surface area contributed by atoms with Crippen molar-refractivity contribution in [1.29, 1.82) is 0 Å². The Morgan fingerprint density at radius 2 is 1.78 bits per heavy atom. The quantitative estimate of drug-likeness (QED) is 0.139. The van der Waals surface area contributed by atoms with E-state index >= 15 is 0 Å². The maximum atomic E-state index is 11.6. The maximum Gasteiger partial charge on any atom is 0.307 e. The molecule has 0 aromatic rings. The lowest BCUT2D eigenvalue weighted by Crippen LogP contribution is -2.21. The highest BCUT2D eigenvalue weighted by atomic mass is 16.5. The van der Waals surface area contributed by atoms with Gasteiger partial charge in [-0.1, -0.05) is 57.6 Å². The lowest BCUT2D eigenvalue weighted by molar-refractivity contribution is -0.147. The molecule has 3 atom stereocenters. The van der Waals surface area contributed by atoms with Crippen LogP contribution in [0.5, 0.6) is 0 Å². The van der Waals surface area contributed by atoms with Crippen molar-refractivity contribution in [3.8, 4) is 0 Å². The molecule has 6 nitrogen and oxygen atoms in total. The van der Waals surface area contributed by atoms with Crippen molar-refractivity contribution in [3.05, 3.63) is 23.5 Å². The van der Waals surface area contributed by atoms with E-state index < -0.39 is 0 Å². The first-order chi connectivity index (χ1) is 15.3. The summed E-state index contributed by atoms with van der Waals surface area (Å²) in [5, 5.41) is 0. The monoisotopic (exact) mass is 450 g/mol. The van der Waals surface area contributed by atoms with Crippen molar-refractivity contribution < 1.29 is 28.6 Å². The number of hydrogen-bond donors (Lipinski definition) is 0. The summed E-state index contributed by atoms with van der Waals surface area (Å²) in [6, 6.07) is 0. The first-order valence-electron chi connectivity index (χ1n) is 12.1. The molecule has 0 bridgehead atoms. The lowest BCUT2D eigenvalue weighted by atomic mass is 9.92. The molecule has 0 heterocycles. The minimum absolute atomic E-state index is 0.100. The van der Waals surface area contributed by atoms with Gasteiger partial charge in [-0.3, -0.25) is 14.4 Å². The van der Waals surface area contributed by atoms with E-state index in [1.807, 2.05) is 6.08 Å². The molecular weight excluding hydrogens is 408 g/mol. The van der Waals surface area contributed by atoms with E-state index in [4.69, 9.17) is 9.47 Å². The average Bonchev–Trinajstić information content (AvgIpc) is 3.11. The van der Waals surface area contributed by atoms with Gasteiger partial charge >= 0.3 is 17.9 Å². The molecule has 0 N–H and O–H groups in total. The number of carbonyl (C=O) groups is 3. The van der Waals surface area contributed by atoms with Gasteiger partial charge in [0.05, 0.1) is 7.11 Å². The molecule has 182 valence electrons. The lowest BCUT2D eigenvalue weighted by Gasteiger charge is -2.21. The minimum Gasteiger partial charge on any atom is -0.469 e. The maximum absolute atomic E-state index is 11.6. The Labute approximate surface area is 193 Å². The molecular formula is C26H42O6. The van der Waals surface area contributed by atoms with Gasteiger partial charge in [0.25, 0.3) is 0 Å². The Balaban J connectivity index is 2.82. The van der Waals surface area contributed by atoms with Crippen LogP contribution in [0.3, 0.4) is 0 Å². The predicted molar refractivity (Wildman–Crippen MR) is 125 cm³/mol. The van der Waals surface area contributed by atoms with E-state index in [1.165, 1.54) is 26.5 Å². The second-order valence-electron chi connectivity index (χ2n) is 8.77. The van der Waals surface area contributed by atoms with Crippen molar-refractivity contribution >= 4 is 17.9 Å². The van der Waals surface area contributed by atoms with Crippen LogP contribution >= 0.6 is 0 Å². The van der Waals surface area contributed by atoms with E-state index in [-0.39, 0.29) is 35.8 Å². The summed E-state index contributed by atoms with van der Waals surface area (Å²) in [6.45, 7) is 7.13. The van der Waals surface area contributed by atoms with E-state index in [1.54, 1.807) is 0 Å². The van der Waals surface area contributed by atoms with Crippen molar-refractivity contribution in [2.45, 2.75) is 104 Å². The van der Waals surface area contributed by atoms with E-state index in [0.29, 0.717) is 12.2 Å². The van der Waals surface area contributed by atoms with Gasteiger partial charge in [-0.25, -0.2) is 0 Å². The third kappa shape index (κ3) is 11.0. The van der Waals surface area contributed by atoms with E-state index in [9.17, 15) is 14.4 Å². The minimum atomic E-state index is -0.300. The van der Waals surface area contributed by atoms with Gasteiger partial charge in [0.2, 0.25) is 0 Å². The van der Waals surface area contributed by atoms with E-state index in [0.717, 1.165) is 64.2 Å². The van der Waals surface area contributed by atoms with Crippen LogP contribution in [0.2, 0.25) is 0 Å². The van der Waals surface area contributed by atoms with Crippen molar-refractivity contribution in [3.63, 3.8) is 0 Å². The number of methoxy groups -OCH3 is 1. The highest BCUT2D eigenvalue weighted by Crippen LogP contribution is 2.38. The van der Waals surface area contributed by atoms with Gasteiger partial charge in [-0.05, 0) is 38.2 Å². The molecule has 1 aliphatic carbocycles. The number of esters is 3. The second-order valence-corrected chi connectivity index (χ2v) is 8.77. The van der Waals surface area contributed by atoms with Crippen molar-refractivity contribution in [1.82, 2.24) is 0 Å². The molecule has 1 fully saturated rings. The molecule has 32 heavy (non-hydrogen) atoms. The number of unbranched alkanes of at least 4 members (excludes halogenated alkanes) is 4. The molecule has 0 spiro atoms. The number of rotatable bonds is 14. The Bertz CT molecular complexity index is 663. The fourth-order valence-electron chi connectivity index (χ4n) is 4.26. The van der Waals surface area contributed by atoms with Crippen molar-refractivity contribution in [2.24, 2.45) is 11.8 Å². The summed E-state index contributed by atoms with van der Waals surface area (Å²) < 4.78 is 15.8. The number of allylic oxidation sites excluding steroid dienone is 3. The van der Waals surface area contributed by atoms with Crippen LogP contribution < -0.4 is 0 Å². The molecule has 1 aliphatic rings. The summed E-state index contributed by atoms with van der Waals surface area (Å²) in [7, 11) is 1.41. The molecule has 6 heteroatoms. The van der Waals surface area contributed by atoms with Crippen molar-refractivity contribution in [2.75, 3.05) is 7.11 Å². The van der Waals surface area contributed by atoms with Gasteiger partial charge in [0.1, 0.15) is 11.9 Å². The average molecular weight is 451 g/mol. The van der Waals surface area contributed by atoms with Gasteiger partial charge < -0.3 is 14.2 Å². The smallest absolute Gasteiger partial charge is 0.307 e. The van der Waals surface area contributed by atoms with Gasteiger partial charge in [-0.2, -0.15) is 0 Å². The standard InChI is InChI=1S/C26H42O6/c1-6-7-12-19(2)24(31-20(3)27)17-15-22-16-18-25(32-21(4)28)23(22)13-10-8-9-11-14-26(29)30-5/h15,17,19,23,25H,6-14,16,18H2,1-5H3/t19?,23-,25-/m1/s1. The summed E-state index contributed by atoms with van der Waals surface area (Å²) in [6.07, 6.45) is 14.0. The van der Waals surface area contributed by atoms with Gasteiger partial charge in [0.15, 0.2) is 0 Å². The zero-order chi connectivity index (χ0) is 23.9. The topological polar surface area (TPSA) is 78.9 Å². The molecule has 0 aromatic carbocycles.